The number of hydrogen-bond donors (Lipinski definition) is 0. The highest BCUT2D eigenvalue weighted by atomic mass is 79.9. The fourth-order valence-electron chi connectivity index (χ4n) is 7.19. The van der Waals surface area contributed by atoms with Crippen LogP contribution in [0.4, 0.5) is 0 Å². The molecule has 0 N–H and O–H groups in total. The fourth-order valence-corrected chi connectivity index (χ4v) is 7.72. The predicted octanol–water partition coefficient (Wildman–Crippen LogP) is 8.31. The Bertz CT molecular complexity index is 1370. The van der Waals surface area contributed by atoms with Gasteiger partial charge in [-0.05, 0) is 91.0 Å². The van der Waals surface area contributed by atoms with Gasteiger partial charge < -0.3 is 4.90 Å². The van der Waals surface area contributed by atoms with Crippen LogP contribution in [0.3, 0.4) is 0 Å². The van der Waals surface area contributed by atoms with Crippen LogP contribution in [0.1, 0.15) is 63.5 Å². The normalized spacial score (nSPS) is 26.9. The number of halogens is 2. The van der Waals surface area contributed by atoms with E-state index in [0.29, 0.717) is 32.2 Å². The standard InChI is InChI=1S/C33H34Br2N2O2/c1-21-27(4-3-17-36)28-14-9-24-20-37(19-23-7-12-26(35)13-8-23)30(38)15-16-33(24,2)31(28)32(39)29(21)18-22-5-10-25(34)11-6-22/h5-8,10-13,20,27-28,31H,3-4,9,14-16,18-19H2,1-2H3/t27-,28+,31?,33+/m1/s1. The molecule has 0 spiro atoms. The molecule has 2 aromatic carbocycles. The molecule has 0 aromatic heterocycles. The highest BCUT2D eigenvalue weighted by molar-refractivity contribution is 9.10. The van der Waals surface area contributed by atoms with Crippen molar-refractivity contribution < 1.29 is 9.59 Å². The van der Waals surface area contributed by atoms with Crippen molar-refractivity contribution in [2.24, 2.45) is 23.2 Å². The Hall–Kier alpha value is -2.49. The lowest BCUT2D eigenvalue weighted by Crippen LogP contribution is -2.49. The van der Waals surface area contributed by atoms with Crippen LogP contribution in [0.5, 0.6) is 0 Å². The van der Waals surface area contributed by atoms with Crippen LogP contribution in [-0.4, -0.2) is 16.6 Å². The van der Waals surface area contributed by atoms with Gasteiger partial charge in [0.1, 0.15) is 0 Å². The lowest BCUT2D eigenvalue weighted by molar-refractivity contribution is -0.131. The molecular weight excluding hydrogens is 616 g/mol. The third-order valence-corrected chi connectivity index (χ3v) is 10.4. The molecular formula is C33H34Br2N2O2. The average Bonchev–Trinajstić information content (AvgIpc) is 3.04. The molecule has 1 unspecified atom stereocenters. The maximum Gasteiger partial charge on any atom is 0.226 e. The molecule has 2 aromatic rings. The lowest BCUT2D eigenvalue weighted by Gasteiger charge is -2.52. The predicted molar refractivity (Wildman–Crippen MR) is 160 cm³/mol. The van der Waals surface area contributed by atoms with Gasteiger partial charge in [0.25, 0.3) is 0 Å². The zero-order valence-electron chi connectivity index (χ0n) is 22.6. The maximum atomic E-state index is 14.5. The second-order valence-corrected chi connectivity index (χ2v) is 13.4. The van der Waals surface area contributed by atoms with Crippen molar-refractivity contribution in [2.75, 3.05) is 0 Å². The third-order valence-electron chi connectivity index (χ3n) is 9.34. The monoisotopic (exact) mass is 648 g/mol. The quantitative estimate of drug-likeness (QED) is 0.316. The van der Waals surface area contributed by atoms with Crippen LogP contribution in [0.25, 0.3) is 0 Å². The van der Waals surface area contributed by atoms with E-state index in [1.165, 1.54) is 5.57 Å². The summed E-state index contributed by atoms with van der Waals surface area (Å²) in [7, 11) is 0. The number of nitriles is 1. The summed E-state index contributed by atoms with van der Waals surface area (Å²) in [4.78, 5) is 29.7. The topological polar surface area (TPSA) is 61.2 Å². The minimum atomic E-state index is -0.374. The summed E-state index contributed by atoms with van der Waals surface area (Å²) in [5.41, 5.74) is 5.12. The molecule has 202 valence electrons. The average molecular weight is 650 g/mol. The van der Waals surface area contributed by atoms with Crippen molar-refractivity contribution >= 4 is 43.6 Å². The molecule has 0 bridgehead atoms. The van der Waals surface area contributed by atoms with Gasteiger partial charge in [-0.25, -0.2) is 0 Å². The highest BCUT2D eigenvalue weighted by Gasteiger charge is 2.54. The van der Waals surface area contributed by atoms with E-state index in [0.717, 1.165) is 50.5 Å². The van der Waals surface area contributed by atoms with Crippen LogP contribution >= 0.6 is 31.9 Å². The highest BCUT2D eigenvalue weighted by Crippen LogP contribution is 2.58. The molecule has 0 radical (unpaired) electrons. The summed E-state index contributed by atoms with van der Waals surface area (Å²) < 4.78 is 2.03. The van der Waals surface area contributed by atoms with Gasteiger partial charge in [0.05, 0.1) is 12.6 Å². The van der Waals surface area contributed by atoms with E-state index >= 15 is 0 Å². The Balaban J connectivity index is 1.51. The summed E-state index contributed by atoms with van der Waals surface area (Å²) in [6.07, 6.45) is 6.85. The molecule has 1 heterocycles. The number of amides is 1. The Morgan fingerprint density at radius 2 is 1.64 bits per heavy atom. The number of rotatable bonds is 6. The number of fused-ring (bicyclic) bond motifs is 3. The molecule has 1 fully saturated rings. The van der Waals surface area contributed by atoms with E-state index in [2.05, 4.69) is 70.1 Å². The first-order valence-corrected chi connectivity index (χ1v) is 15.4. The molecule has 1 aliphatic heterocycles. The van der Waals surface area contributed by atoms with Gasteiger partial charge in [-0.1, -0.05) is 68.6 Å². The van der Waals surface area contributed by atoms with Gasteiger partial charge in [-0.15, -0.1) is 0 Å². The number of Topliss-reactive ketones (excluding diaryl/α,β-unsaturated/α-hetero) is 1. The van der Waals surface area contributed by atoms with Crippen LogP contribution in [0, 0.1) is 34.5 Å². The summed E-state index contributed by atoms with van der Waals surface area (Å²) in [6, 6.07) is 18.6. The number of carbonyl (C=O) groups excluding carboxylic acids is 2. The molecule has 5 rings (SSSR count). The molecule has 3 aliphatic rings. The number of nitrogens with zero attached hydrogens (tertiary/aromatic N) is 2. The van der Waals surface area contributed by atoms with E-state index in [1.54, 1.807) is 0 Å². The Labute approximate surface area is 248 Å². The van der Waals surface area contributed by atoms with Crippen molar-refractivity contribution in [3.8, 4) is 6.07 Å². The minimum Gasteiger partial charge on any atom is -0.315 e. The second kappa shape index (κ2) is 11.6. The molecule has 39 heavy (non-hydrogen) atoms. The second-order valence-electron chi connectivity index (χ2n) is 11.5. The van der Waals surface area contributed by atoms with Gasteiger partial charge in [-0.3, -0.25) is 9.59 Å². The number of carbonyl (C=O) groups is 2. The van der Waals surface area contributed by atoms with Gasteiger partial charge in [0.2, 0.25) is 5.91 Å². The maximum absolute atomic E-state index is 14.5. The van der Waals surface area contributed by atoms with Crippen LogP contribution in [0.15, 0.2) is 80.4 Å². The fraction of sp³-hybridized carbons (Fsp3) is 0.424. The van der Waals surface area contributed by atoms with Crippen molar-refractivity contribution in [3.63, 3.8) is 0 Å². The van der Waals surface area contributed by atoms with Gasteiger partial charge in [0.15, 0.2) is 5.78 Å². The number of benzene rings is 2. The van der Waals surface area contributed by atoms with E-state index < -0.39 is 0 Å². The summed E-state index contributed by atoms with van der Waals surface area (Å²) in [5.74, 6) is 0.610. The Morgan fingerprint density at radius 3 is 2.28 bits per heavy atom. The molecule has 6 heteroatoms. The summed E-state index contributed by atoms with van der Waals surface area (Å²) in [5, 5.41) is 9.44. The number of hydrogen-bond acceptors (Lipinski definition) is 3. The Morgan fingerprint density at radius 1 is 1.00 bits per heavy atom. The van der Waals surface area contributed by atoms with Gasteiger partial charge >= 0.3 is 0 Å². The van der Waals surface area contributed by atoms with E-state index in [9.17, 15) is 14.9 Å². The van der Waals surface area contributed by atoms with Gasteiger partial charge in [-0.2, -0.15) is 5.26 Å². The Kier molecular flexibility index (Phi) is 8.31. The molecule has 2 aliphatic carbocycles. The number of ketones is 1. The SMILES string of the molecule is CC1=C(Cc2ccc(Br)cc2)C(=O)C2[C@@H](CCC3=CN(Cc4ccc(Br)cc4)C(=O)CC[C@@]32C)[C@@H]1CCC#N. The van der Waals surface area contributed by atoms with Crippen molar-refractivity contribution in [2.45, 2.75) is 65.3 Å². The van der Waals surface area contributed by atoms with Gasteiger partial charge in [0, 0.05) is 45.7 Å². The molecule has 0 saturated heterocycles. The lowest BCUT2D eigenvalue weighted by atomic mass is 9.50. The van der Waals surface area contributed by atoms with Crippen molar-refractivity contribution in [1.29, 1.82) is 5.26 Å². The van der Waals surface area contributed by atoms with Crippen molar-refractivity contribution in [1.82, 2.24) is 4.90 Å². The summed E-state index contributed by atoms with van der Waals surface area (Å²) in [6.45, 7) is 4.88. The molecule has 1 saturated carbocycles. The minimum absolute atomic E-state index is 0.115. The van der Waals surface area contributed by atoms with Crippen molar-refractivity contribution in [3.05, 3.63) is 91.5 Å². The molecule has 1 amide bonds. The molecule has 4 atom stereocenters. The summed E-state index contributed by atoms with van der Waals surface area (Å²) >= 11 is 7.01. The first-order valence-electron chi connectivity index (χ1n) is 13.8. The molecule has 4 nitrogen and oxygen atoms in total. The largest absolute Gasteiger partial charge is 0.315 e. The third kappa shape index (κ3) is 5.58. The van der Waals surface area contributed by atoms with Crippen LogP contribution < -0.4 is 0 Å². The zero-order valence-corrected chi connectivity index (χ0v) is 25.7. The van der Waals surface area contributed by atoms with Crippen LogP contribution in [0.2, 0.25) is 0 Å². The van der Waals surface area contributed by atoms with E-state index in [4.69, 9.17) is 0 Å². The first kappa shape index (κ1) is 28.1. The van der Waals surface area contributed by atoms with Crippen LogP contribution in [-0.2, 0) is 22.6 Å². The first-order chi connectivity index (χ1) is 18.7. The zero-order chi connectivity index (χ0) is 27.7. The van der Waals surface area contributed by atoms with E-state index in [-0.39, 0.29) is 34.9 Å². The smallest absolute Gasteiger partial charge is 0.226 e. The van der Waals surface area contributed by atoms with E-state index in [1.807, 2.05) is 41.3 Å². The number of allylic oxidation sites excluding steroid dienone is 3.